The van der Waals surface area contributed by atoms with Crippen LogP contribution in [0.5, 0.6) is 0 Å². The summed E-state index contributed by atoms with van der Waals surface area (Å²) in [6.07, 6.45) is 0.264. The molecule has 0 unspecified atom stereocenters. The number of rotatable bonds is 11. The molecule has 202 valence electrons. The Morgan fingerprint density at radius 1 is 0.947 bits per heavy atom. The molecule has 0 aliphatic rings. The Balaban J connectivity index is 2.08. The van der Waals surface area contributed by atoms with E-state index in [0.717, 1.165) is 10.4 Å². The highest BCUT2D eigenvalue weighted by molar-refractivity contribution is 7.92. The van der Waals surface area contributed by atoms with Gasteiger partial charge in [0.15, 0.2) is 0 Å². The van der Waals surface area contributed by atoms with E-state index in [1.165, 1.54) is 35.2 Å². The number of halogens is 2. The molecule has 0 aromatic heterocycles. The fraction of sp³-hybridized carbons (Fsp3) is 0.286. The number of hydrogen-bond donors (Lipinski definition) is 1. The van der Waals surface area contributed by atoms with Crippen LogP contribution < -0.4 is 9.62 Å². The molecule has 10 heteroatoms. The Morgan fingerprint density at radius 2 is 1.55 bits per heavy atom. The molecule has 0 saturated heterocycles. The average Bonchev–Trinajstić information content (AvgIpc) is 2.88. The quantitative estimate of drug-likeness (QED) is 0.358. The first kappa shape index (κ1) is 29.1. The van der Waals surface area contributed by atoms with Gasteiger partial charge >= 0.3 is 0 Å². The van der Waals surface area contributed by atoms with Crippen molar-refractivity contribution in [3.63, 3.8) is 0 Å². The third kappa shape index (κ3) is 6.90. The van der Waals surface area contributed by atoms with Crippen LogP contribution in [-0.4, -0.2) is 43.8 Å². The highest BCUT2D eigenvalue weighted by atomic mass is 35.5. The molecular weight excluding hydrogens is 529 g/mol. The minimum Gasteiger partial charge on any atom is -0.352 e. The SMILES string of the molecule is CC[C@H](C(=O)NC(C)C)N(Cc1ccccc1Cl)C(=O)CN(c1ccccc1F)S(=O)(=O)c1ccccc1. The summed E-state index contributed by atoms with van der Waals surface area (Å²) >= 11 is 6.37. The van der Waals surface area contributed by atoms with Crippen LogP contribution in [0.3, 0.4) is 0 Å². The lowest BCUT2D eigenvalue weighted by Gasteiger charge is -2.33. The predicted molar refractivity (Wildman–Crippen MR) is 147 cm³/mol. The van der Waals surface area contributed by atoms with Gasteiger partial charge < -0.3 is 10.2 Å². The van der Waals surface area contributed by atoms with E-state index < -0.39 is 34.3 Å². The van der Waals surface area contributed by atoms with Crippen LogP contribution >= 0.6 is 11.6 Å². The van der Waals surface area contributed by atoms with Crippen molar-refractivity contribution in [1.29, 1.82) is 0 Å². The zero-order valence-corrected chi connectivity index (χ0v) is 23.0. The number of carbonyl (C=O) groups is 2. The number of para-hydroxylation sites is 1. The van der Waals surface area contributed by atoms with Crippen molar-refractivity contribution in [2.75, 3.05) is 10.8 Å². The number of amides is 2. The lowest BCUT2D eigenvalue weighted by Crippen LogP contribution is -2.53. The Morgan fingerprint density at radius 3 is 2.16 bits per heavy atom. The first-order valence-corrected chi connectivity index (χ1v) is 14.0. The molecule has 0 fully saturated rings. The number of nitrogens with one attached hydrogen (secondary N) is 1. The van der Waals surface area contributed by atoms with E-state index in [1.54, 1.807) is 63.2 Å². The molecule has 0 aliphatic carbocycles. The Labute approximate surface area is 228 Å². The van der Waals surface area contributed by atoms with Gasteiger partial charge in [0, 0.05) is 17.6 Å². The van der Waals surface area contributed by atoms with Crippen molar-refractivity contribution in [2.45, 2.75) is 50.7 Å². The second kappa shape index (κ2) is 12.9. The van der Waals surface area contributed by atoms with Crippen LogP contribution in [-0.2, 0) is 26.2 Å². The zero-order valence-electron chi connectivity index (χ0n) is 21.5. The van der Waals surface area contributed by atoms with Crippen LogP contribution in [0.15, 0.2) is 83.8 Å². The molecule has 0 heterocycles. The van der Waals surface area contributed by atoms with Gasteiger partial charge in [-0.15, -0.1) is 0 Å². The Bertz CT molecular complexity index is 1370. The second-order valence-corrected chi connectivity index (χ2v) is 11.2. The van der Waals surface area contributed by atoms with Gasteiger partial charge in [-0.25, -0.2) is 12.8 Å². The molecule has 1 atom stereocenters. The van der Waals surface area contributed by atoms with Crippen LogP contribution in [0.2, 0.25) is 5.02 Å². The van der Waals surface area contributed by atoms with Gasteiger partial charge in [0.1, 0.15) is 18.4 Å². The van der Waals surface area contributed by atoms with Crippen LogP contribution in [0.1, 0.15) is 32.8 Å². The molecule has 0 bridgehead atoms. The molecule has 0 saturated carbocycles. The minimum absolute atomic E-state index is 0.0426. The predicted octanol–water partition coefficient (Wildman–Crippen LogP) is 5.01. The van der Waals surface area contributed by atoms with E-state index in [4.69, 9.17) is 11.6 Å². The maximum Gasteiger partial charge on any atom is 0.264 e. The first-order chi connectivity index (χ1) is 18.1. The largest absolute Gasteiger partial charge is 0.352 e. The molecule has 7 nitrogen and oxygen atoms in total. The molecule has 3 aromatic carbocycles. The molecule has 2 amide bonds. The van der Waals surface area contributed by atoms with E-state index in [9.17, 15) is 22.4 Å². The van der Waals surface area contributed by atoms with E-state index in [0.29, 0.717) is 10.6 Å². The summed E-state index contributed by atoms with van der Waals surface area (Å²) in [5.41, 5.74) is 0.309. The fourth-order valence-corrected chi connectivity index (χ4v) is 5.64. The zero-order chi connectivity index (χ0) is 27.9. The average molecular weight is 560 g/mol. The lowest BCUT2D eigenvalue weighted by molar-refractivity contribution is -0.140. The second-order valence-electron chi connectivity index (χ2n) is 8.98. The number of benzene rings is 3. The van der Waals surface area contributed by atoms with Gasteiger partial charge in [-0.1, -0.05) is 67.1 Å². The monoisotopic (exact) mass is 559 g/mol. The fourth-order valence-electron chi connectivity index (χ4n) is 4.00. The maximum absolute atomic E-state index is 14.9. The maximum atomic E-state index is 14.9. The van der Waals surface area contributed by atoms with Gasteiger partial charge in [-0.3, -0.25) is 13.9 Å². The third-order valence-corrected chi connectivity index (χ3v) is 7.99. The highest BCUT2D eigenvalue weighted by Gasteiger charge is 2.34. The summed E-state index contributed by atoms with van der Waals surface area (Å²) in [6.45, 7) is 4.59. The number of hydrogen-bond acceptors (Lipinski definition) is 4. The standard InChI is InChI=1S/C28H31ClFN3O4S/c1-4-25(28(35)31-20(2)3)32(18-21-12-8-9-15-23(21)29)27(34)19-33(26-17-11-10-16-24(26)30)38(36,37)22-13-6-5-7-14-22/h5-17,20,25H,4,18-19H2,1-3H3,(H,31,35)/t25-/m1/s1. The van der Waals surface area contributed by atoms with Gasteiger partial charge in [0.25, 0.3) is 10.0 Å². The molecule has 0 spiro atoms. The van der Waals surface area contributed by atoms with E-state index >= 15 is 0 Å². The Kier molecular flexibility index (Phi) is 9.88. The topological polar surface area (TPSA) is 86.8 Å². The van der Waals surface area contributed by atoms with Crippen molar-refractivity contribution in [3.05, 3.63) is 95.3 Å². The first-order valence-electron chi connectivity index (χ1n) is 12.2. The van der Waals surface area contributed by atoms with Crippen molar-refractivity contribution in [1.82, 2.24) is 10.2 Å². The van der Waals surface area contributed by atoms with Gasteiger partial charge in [0.05, 0.1) is 10.6 Å². The van der Waals surface area contributed by atoms with Gasteiger partial charge in [-0.05, 0) is 56.2 Å². The minimum atomic E-state index is -4.34. The van der Waals surface area contributed by atoms with Crippen LogP contribution in [0, 0.1) is 5.82 Å². The summed E-state index contributed by atoms with van der Waals surface area (Å²) < 4.78 is 43.0. The number of nitrogens with zero attached hydrogens (tertiary/aromatic N) is 2. The van der Waals surface area contributed by atoms with E-state index in [1.807, 2.05) is 0 Å². The summed E-state index contributed by atoms with van der Waals surface area (Å²) in [5, 5.41) is 3.22. The number of carbonyl (C=O) groups excluding carboxylic acids is 2. The Hall–Kier alpha value is -3.43. The van der Waals surface area contributed by atoms with Crippen molar-refractivity contribution in [3.8, 4) is 0 Å². The number of anilines is 1. The summed E-state index contributed by atoms with van der Waals surface area (Å²) in [7, 11) is -4.34. The van der Waals surface area contributed by atoms with Gasteiger partial charge in [0.2, 0.25) is 11.8 Å². The molecule has 38 heavy (non-hydrogen) atoms. The van der Waals surface area contributed by atoms with E-state index in [-0.39, 0.29) is 35.5 Å². The summed E-state index contributed by atoms with van der Waals surface area (Å²) in [6, 6.07) is 18.6. The molecule has 1 N–H and O–H groups in total. The summed E-state index contributed by atoms with van der Waals surface area (Å²) in [5.74, 6) is -1.87. The molecular formula is C28H31ClFN3O4S. The lowest BCUT2D eigenvalue weighted by atomic mass is 10.1. The summed E-state index contributed by atoms with van der Waals surface area (Å²) in [4.78, 5) is 28.2. The molecule has 3 aromatic rings. The smallest absolute Gasteiger partial charge is 0.264 e. The number of sulfonamides is 1. The van der Waals surface area contributed by atoms with Crippen LogP contribution in [0.25, 0.3) is 0 Å². The highest BCUT2D eigenvalue weighted by Crippen LogP contribution is 2.27. The van der Waals surface area contributed by atoms with Crippen LogP contribution in [0.4, 0.5) is 10.1 Å². The normalized spacial score (nSPS) is 12.2. The van der Waals surface area contributed by atoms with Gasteiger partial charge in [-0.2, -0.15) is 0 Å². The van der Waals surface area contributed by atoms with Crippen molar-refractivity contribution < 1.29 is 22.4 Å². The third-order valence-electron chi connectivity index (χ3n) is 5.85. The van der Waals surface area contributed by atoms with E-state index in [2.05, 4.69) is 5.32 Å². The molecule has 3 rings (SSSR count). The van der Waals surface area contributed by atoms with Crippen molar-refractivity contribution in [2.24, 2.45) is 0 Å². The van der Waals surface area contributed by atoms with Crippen molar-refractivity contribution >= 4 is 39.1 Å². The molecule has 0 aliphatic heterocycles. The molecule has 0 radical (unpaired) electrons.